The monoisotopic (exact) mass is 386 g/mol. The highest BCUT2D eigenvalue weighted by atomic mass is 19.4. The fourth-order valence-corrected chi connectivity index (χ4v) is 3.40. The van der Waals surface area contributed by atoms with Crippen LogP contribution >= 0.6 is 0 Å². The molecule has 28 heavy (non-hydrogen) atoms. The van der Waals surface area contributed by atoms with Gasteiger partial charge in [-0.05, 0) is 60.4 Å². The maximum absolute atomic E-state index is 12.7. The quantitative estimate of drug-likeness (QED) is 0.694. The van der Waals surface area contributed by atoms with Gasteiger partial charge in [0.15, 0.2) is 0 Å². The van der Waals surface area contributed by atoms with Gasteiger partial charge < -0.3 is 10.1 Å². The summed E-state index contributed by atoms with van der Waals surface area (Å²) in [6.45, 7) is 0. The zero-order valence-corrected chi connectivity index (χ0v) is 15.0. The Labute approximate surface area is 159 Å². The normalized spacial score (nSPS) is 18.7. The predicted octanol–water partition coefficient (Wildman–Crippen LogP) is 4.90. The minimum Gasteiger partial charge on any atom is -0.457 e. The van der Waals surface area contributed by atoms with E-state index in [1.54, 1.807) is 25.4 Å². The second kappa shape index (κ2) is 6.82. The van der Waals surface area contributed by atoms with Crippen LogP contribution in [0.25, 0.3) is 10.9 Å². The van der Waals surface area contributed by atoms with Gasteiger partial charge in [-0.3, -0.25) is 9.78 Å². The Bertz CT molecular complexity index is 1030. The molecule has 2 aromatic carbocycles. The first kappa shape index (κ1) is 18.3. The summed E-state index contributed by atoms with van der Waals surface area (Å²) in [6, 6.07) is 11.9. The lowest BCUT2D eigenvalue weighted by Crippen LogP contribution is -2.20. The molecule has 1 aliphatic rings. The number of rotatable bonds is 4. The third-order valence-corrected chi connectivity index (χ3v) is 4.90. The van der Waals surface area contributed by atoms with Gasteiger partial charge in [0.05, 0.1) is 11.1 Å². The van der Waals surface area contributed by atoms with E-state index in [-0.39, 0.29) is 17.7 Å². The van der Waals surface area contributed by atoms with E-state index >= 15 is 0 Å². The van der Waals surface area contributed by atoms with Crippen molar-refractivity contribution in [1.82, 2.24) is 10.3 Å². The fraction of sp³-hybridized carbons (Fsp3) is 0.238. The van der Waals surface area contributed by atoms with Crippen molar-refractivity contribution in [2.24, 2.45) is 5.92 Å². The number of halogens is 3. The number of pyridine rings is 1. The lowest BCUT2D eigenvalue weighted by molar-refractivity contribution is -0.137. The van der Waals surface area contributed by atoms with Crippen LogP contribution in [0.1, 0.15) is 23.5 Å². The van der Waals surface area contributed by atoms with Crippen molar-refractivity contribution >= 4 is 16.8 Å². The third-order valence-electron chi connectivity index (χ3n) is 4.90. The Hall–Kier alpha value is -3.09. The SMILES string of the molecule is CNC(=O)[C@@H]1C[C@H]1c1cc(Oc2ccc(C(F)(F)F)cc2)cc2cccnc12. The minimum atomic E-state index is -4.39. The molecule has 2 atom stereocenters. The summed E-state index contributed by atoms with van der Waals surface area (Å²) in [5.74, 6) is 0.742. The highest BCUT2D eigenvalue weighted by Gasteiger charge is 2.44. The standard InChI is InChI=1S/C21H17F3N2O2/c1-25-20(27)18-11-16(18)17-10-15(9-12-3-2-8-26-19(12)17)28-14-6-4-13(5-7-14)21(22,23)24/h2-10,16,18H,11H2,1H3,(H,25,27)/t16-,18+/m0/s1. The zero-order chi connectivity index (χ0) is 19.9. The van der Waals surface area contributed by atoms with Gasteiger partial charge in [-0.15, -0.1) is 0 Å². The van der Waals surface area contributed by atoms with Crippen molar-refractivity contribution in [1.29, 1.82) is 0 Å². The second-order valence-electron chi connectivity index (χ2n) is 6.77. The molecular formula is C21H17F3N2O2. The number of hydrogen-bond acceptors (Lipinski definition) is 3. The lowest BCUT2D eigenvalue weighted by atomic mass is 10.0. The van der Waals surface area contributed by atoms with Crippen LogP contribution in [0.4, 0.5) is 13.2 Å². The van der Waals surface area contributed by atoms with Gasteiger partial charge in [-0.1, -0.05) is 6.07 Å². The summed E-state index contributed by atoms with van der Waals surface area (Å²) >= 11 is 0. The maximum atomic E-state index is 12.7. The molecule has 3 aromatic rings. The number of alkyl halides is 3. The van der Waals surface area contributed by atoms with E-state index in [0.717, 1.165) is 35.0 Å². The van der Waals surface area contributed by atoms with Crippen LogP contribution in [-0.4, -0.2) is 17.9 Å². The Kier molecular flexibility index (Phi) is 4.45. The summed E-state index contributed by atoms with van der Waals surface area (Å²) in [5, 5.41) is 3.52. The number of ether oxygens (including phenoxy) is 1. The van der Waals surface area contributed by atoms with Crippen molar-refractivity contribution in [3.8, 4) is 11.5 Å². The van der Waals surface area contributed by atoms with Gasteiger partial charge in [-0.2, -0.15) is 13.2 Å². The van der Waals surface area contributed by atoms with E-state index < -0.39 is 11.7 Å². The molecule has 1 amide bonds. The lowest BCUT2D eigenvalue weighted by Gasteiger charge is -2.12. The number of benzene rings is 2. The summed E-state index contributed by atoms with van der Waals surface area (Å²) in [6.07, 6.45) is -1.96. The van der Waals surface area contributed by atoms with E-state index in [2.05, 4.69) is 10.3 Å². The molecule has 144 valence electrons. The summed E-state index contributed by atoms with van der Waals surface area (Å²) < 4.78 is 44.0. The van der Waals surface area contributed by atoms with Crippen molar-refractivity contribution < 1.29 is 22.7 Å². The molecule has 0 unspecified atom stereocenters. The summed E-state index contributed by atoms with van der Waals surface area (Å²) in [5.41, 5.74) is 0.988. The predicted molar refractivity (Wildman–Crippen MR) is 98.2 cm³/mol. The van der Waals surface area contributed by atoms with Crippen molar-refractivity contribution in [3.63, 3.8) is 0 Å². The van der Waals surface area contributed by atoms with Crippen LogP contribution < -0.4 is 10.1 Å². The Morgan fingerprint density at radius 3 is 2.57 bits per heavy atom. The first-order valence-electron chi connectivity index (χ1n) is 8.82. The first-order chi connectivity index (χ1) is 13.4. The van der Waals surface area contributed by atoms with Gasteiger partial charge in [0.2, 0.25) is 5.91 Å². The fourth-order valence-electron chi connectivity index (χ4n) is 3.40. The summed E-state index contributed by atoms with van der Waals surface area (Å²) in [7, 11) is 1.61. The number of aromatic nitrogens is 1. The Balaban J connectivity index is 1.66. The molecule has 1 fully saturated rings. The molecule has 0 saturated heterocycles. The molecule has 1 aliphatic carbocycles. The number of nitrogens with zero attached hydrogens (tertiary/aromatic N) is 1. The smallest absolute Gasteiger partial charge is 0.416 e. The van der Waals surface area contributed by atoms with E-state index in [0.29, 0.717) is 11.5 Å². The van der Waals surface area contributed by atoms with E-state index in [1.807, 2.05) is 12.1 Å². The van der Waals surface area contributed by atoms with Gasteiger partial charge in [-0.25, -0.2) is 0 Å². The van der Waals surface area contributed by atoms with Gasteiger partial charge >= 0.3 is 6.18 Å². The van der Waals surface area contributed by atoms with E-state index in [4.69, 9.17) is 4.74 Å². The van der Waals surface area contributed by atoms with Crippen LogP contribution in [0.15, 0.2) is 54.7 Å². The molecular weight excluding hydrogens is 369 g/mol. The van der Waals surface area contributed by atoms with Crippen molar-refractivity contribution in [2.75, 3.05) is 7.05 Å². The van der Waals surface area contributed by atoms with Crippen molar-refractivity contribution in [3.05, 3.63) is 65.9 Å². The molecule has 0 aliphatic heterocycles. The number of nitrogens with one attached hydrogen (secondary N) is 1. The second-order valence-corrected chi connectivity index (χ2v) is 6.77. The number of hydrogen-bond donors (Lipinski definition) is 1. The molecule has 0 radical (unpaired) electrons. The molecule has 1 saturated carbocycles. The van der Waals surface area contributed by atoms with Crippen LogP contribution in [0.2, 0.25) is 0 Å². The summed E-state index contributed by atoms with van der Waals surface area (Å²) in [4.78, 5) is 16.4. The topological polar surface area (TPSA) is 51.2 Å². The molecule has 4 nitrogen and oxygen atoms in total. The first-order valence-corrected chi connectivity index (χ1v) is 8.82. The molecule has 1 aromatic heterocycles. The van der Waals surface area contributed by atoms with Gasteiger partial charge in [0.25, 0.3) is 0 Å². The minimum absolute atomic E-state index is 0.0110. The molecule has 7 heteroatoms. The molecule has 0 bridgehead atoms. The van der Waals surface area contributed by atoms with Gasteiger partial charge in [0, 0.05) is 24.5 Å². The third kappa shape index (κ3) is 3.52. The highest BCUT2D eigenvalue weighted by molar-refractivity contribution is 5.88. The van der Waals surface area contributed by atoms with Crippen molar-refractivity contribution in [2.45, 2.75) is 18.5 Å². The number of amides is 1. The van der Waals surface area contributed by atoms with Crippen LogP contribution in [0, 0.1) is 5.92 Å². The van der Waals surface area contributed by atoms with E-state index in [1.165, 1.54) is 12.1 Å². The molecule has 0 spiro atoms. The van der Waals surface area contributed by atoms with Crippen LogP contribution in [-0.2, 0) is 11.0 Å². The number of carbonyl (C=O) groups excluding carboxylic acids is 1. The molecule has 1 N–H and O–H groups in total. The maximum Gasteiger partial charge on any atom is 0.416 e. The van der Waals surface area contributed by atoms with E-state index in [9.17, 15) is 18.0 Å². The average Bonchev–Trinajstić information content (AvgIpc) is 3.47. The van der Waals surface area contributed by atoms with Gasteiger partial charge in [0.1, 0.15) is 11.5 Å². The van der Waals surface area contributed by atoms with Crippen LogP contribution in [0.5, 0.6) is 11.5 Å². The number of carbonyl (C=O) groups is 1. The Morgan fingerprint density at radius 1 is 1.14 bits per heavy atom. The Morgan fingerprint density at radius 2 is 1.89 bits per heavy atom. The molecule has 4 rings (SSSR count). The molecule has 1 heterocycles. The van der Waals surface area contributed by atoms with Crippen LogP contribution in [0.3, 0.4) is 0 Å². The highest BCUT2D eigenvalue weighted by Crippen LogP contribution is 2.50. The zero-order valence-electron chi connectivity index (χ0n) is 15.0. The average molecular weight is 386 g/mol. The number of fused-ring (bicyclic) bond motifs is 1. The largest absolute Gasteiger partial charge is 0.457 e.